The van der Waals surface area contributed by atoms with Gasteiger partial charge in [0.1, 0.15) is 5.75 Å². The first kappa shape index (κ1) is 14.3. The summed E-state index contributed by atoms with van der Waals surface area (Å²) in [6.45, 7) is 0.854. The smallest absolute Gasteiger partial charge is 0.193 e. The Hall–Kier alpha value is -2.13. The van der Waals surface area contributed by atoms with Crippen molar-refractivity contribution in [2.24, 2.45) is 0 Å². The number of rotatable bonds is 6. The fourth-order valence-electron chi connectivity index (χ4n) is 2.12. The molecule has 0 saturated heterocycles. The van der Waals surface area contributed by atoms with Crippen molar-refractivity contribution >= 4 is 5.78 Å². The third-order valence-electron chi connectivity index (χ3n) is 3.26. The van der Waals surface area contributed by atoms with Crippen LogP contribution in [-0.2, 0) is 6.42 Å². The van der Waals surface area contributed by atoms with Crippen molar-refractivity contribution in [2.45, 2.75) is 6.42 Å². The van der Waals surface area contributed by atoms with Crippen LogP contribution in [0.25, 0.3) is 0 Å². The molecule has 0 radical (unpaired) electrons. The fraction of sp³-hybridized carbons (Fsp3) is 0.235. The number of ether oxygens (including phenoxy) is 1. The molecule has 0 saturated carbocycles. The van der Waals surface area contributed by atoms with Crippen LogP contribution in [0, 0.1) is 0 Å². The monoisotopic (exact) mass is 269 g/mol. The molecule has 0 aromatic heterocycles. The van der Waals surface area contributed by atoms with E-state index in [1.165, 1.54) is 0 Å². The van der Waals surface area contributed by atoms with E-state index in [2.05, 4.69) is 5.32 Å². The standard InChI is InChI=1S/C17H19NO2/c1-18-12-11-13-5-3-4-6-16(13)17(19)14-7-9-15(20-2)10-8-14/h3-10,18H,11-12H2,1-2H3. The van der Waals surface area contributed by atoms with Crippen LogP contribution in [-0.4, -0.2) is 26.5 Å². The molecule has 0 aliphatic carbocycles. The molecule has 0 unspecified atom stereocenters. The Labute approximate surface area is 119 Å². The van der Waals surface area contributed by atoms with Crippen molar-refractivity contribution in [3.63, 3.8) is 0 Å². The van der Waals surface area contributed by atoms with Crippen LogP contribution in [0.2, 0.25) is 0 Å². The van der Waals surface area contributed by atoms with Crippen LogP contribution in [0.4, 0.5) is 0 Å². The number of ketones is 1. The van der Waals surface area contributed by atoms with Crippen molar-refractivity contribution < 1.29 is 9.53 Å². The van der Waals surface area contributed by atoms with Crippen LogP contribution in [0.5, 0.6) is 5.75 Å². The molecular weight excluding hydrogens is 250 g/mol. The van der Waals surface area contributed by atoms with Gasteiger partial charge in [-0.25, -0.2) is 0 Å². The number of benzene rings is 2. The predicted molar refractivity (Wildman–Crippen MR) is 80.5 cm³/mol. The highest BCUT2D eigenvalue weighted by Gasteiger charge is 2.12. The molecule has 0 amide bonds. The SMILES string of the molecule is CNCCc1ccccc1C(=O)c1ccc(OC)cc1. The maximum atomic E-state index is 12.6. The van der Waals surface area contributed by atoms with Crippen molar-refractivity contribution in [3.05, 3.63) is 65.2 Å². The van der Waals surface area contributed by atoms with E-state index < -0.39 is 0 Å². The van der Waals surface area contributed by atoms with Crippen LogP contribution in [0.15, 0.2) is 48.5 Å². The predicted octanol–water partition coefficient (Wildman–Crippen LogP) is 2.69. The number of likely N-dealkylation sites (N-methyl/N-ethyl adjacent to an activating group) is 1. The van der Waals surface area contributed by atoms with Gasteiger partial charge in [-0.15, -0.1) is 0 Å². The Balaban J connectivity index is 2.27. The van der Waals surface area contributed by atoms with Gasteiger partial charge < -0.3 is 10.1 Å². The van der Waals surface area contributed by atoms with E-state index in [0.29, 0.717) is 5.56 Å². The van der Waals surface area contributed by atoms with Gasteiger partial charge in [-0.1, -0.05) is 24.3 Å². The summed E-state index contributed by atoms with van der Waals surface area (Å²) in [7, 11) is 3.53. The van der Waals surface area contributed by atoms with E-state index in [-0.39, 0.29) is 5.78 Å². The normalized spacial score (nSPS) is 10.3. The Kier molecular flexibility index (Phi) is 4.91. The average molecular weight is 269 g/mol. The molecule has 0 bridgehead atoms. The number of carbonyl (C=O) groups excluding carboxylic acids is 1. The Morgan fingerprint density at radius 1 is 1.10 bits per heavy atom. The summed E-state index contributed by atoms with van der Waals surface area (Å²) in [5.41, 5.74) is 2.53. The Morgan fingerprint density at radius 2 is 1.80 bits per heavy atom. The molecule has 0 fully saturated rings. The van der Waals surface area contributed by atoms with Gasteiger partial charge in [0.25, 0.3) is 0 Å². The summed E-state index contributed by atoms with van der Waals surface area (Å²) in [6.07, 6.45) is 0.842. The minimum Gasteiger partial charge on any atom is -0.497 e. The topological polar surface area (TPSA) is 38.3 Å². The van der Waals surface area contributed by atoms with Gasteiger partial charge >= 0.3 is 0 Å². The molecule has 0 atom stereocenters. The zero-order chi connectivity index (χ0) is 14.4. The van der Waals surface area contributed by atoms with Crippen LogP contribution in [0.3, 0.4) is 0 Å². The average Bonchev–Trinajstić information content (AvgIpc) is 2.52. The van der Waals surface area contributed by atoms with Gasteiger partial charge in [0, 0.05) is 11.1 Å². The van der Waals surface area contributed by atoms with Crippen LogP contribution < -0.4 is 10.1 Å². The summed E-state index contributed by atoms with van der Waals surface area (Å²) in [6, 6.07) is 15.0. The van der Waals surface area contributed by atoms with E-state index in [1.54, 1.807) is 19.2 Å². The summed E-state index contributed by atoms with van der Waals surface area (Å²) >= 11 is 0. The maximum Gasteiger partial charge on any atom is 0.193 e. The lowest BCUT2D eigenvalue weighted by Gasteiger charge is -2.09. The molecule has 0 aliphatic heterocycles. The lowest BCUT2D eigenvalue weighted by Crippen LogP contribution is -2.13. The molecule has 2 aromatic carbocycles. The van der Waals surface area contributed by atoms with Crippen LogP contribution in [0.1, 0.15) is 21.5 Å². The van der Waals surface area contributed by atoms with E-state index in [0.717, 1.165) is 29.8 Å². The quantitative estimate of drug-likeness (QED) is 0.819. The molecule has 104 valence electrons. The molecule has 2 rings (SSSR count). The van der Waals surface area contributed by atoms with Crippen molar-refractivity contribution in [1.29, 1.82) is 0 Å². The summed E-state index contributed by atoms with van der Waals surface area (Å²) in [5.74, 6) is 0.810. The molecule has 3 heteroatoms. The second-order valence-corrected chi connectivity index (χ2v) is 4.57. The van der Waals surface area contributed by atoms with Crippen molar-refractivity contribution in [1.82, 2.24) is 5.32 Å². The van der Waals surface area contributed by atoms with E-state index in [9.17, 15) is 4.79 Å². The zero-order valence-electron chi connectivity index (χ0n) is 11.8. The lowest BCUT2D eigenvalue weighted by molar-refractivity contribution is 0.103. The van der Waals surface area contributed by atoms with Gasteiger partial charge in [-0.3, -0.25) is 4.79 Å². The van der Waals surface area contributed by atoms with Gasteiger partial charge in [0.2, 0.25) is 0 Å². The van der Waals surface area contributed by atoms with Gasteiger partial charge in [0.15, 0.2) is 5.78 Å². The highest BCUT2D eigenvalue weighted by atomic mass is 16.5. The van der Waals surface area contributed by atoms with Gasteiger partial charge in [-0.05, 0) is 49.8 Å². The summed E-state index contributed by atoms with van der Waals surface area (Å²) in [5, 5.41) is 3.11. The second kappa shape index (κ2) is 6.87. The molecule has 2 aromatic rings. The summed E-state index contributed by atoms with van der Waals surface area (Å²) in [4.78, 5) is 12.6. The number of hydrogen-bond acceptors (Lipinski definition) is 3. The first-order chi connectivity index (χ1) is 9.76. The largest absolute Gasteiger partial charge is 0.497 e. The van der Waals surface area contributed by atoms with E-state index >= 15 is 0 Å². The second-order valence-electron chi connectivity index (χ2n) is 4.57. The van der Waals surface area contributed by atoms with Gasteiger partial charge in [0.05, 0.1) is 7.11 Å². The van der Waals surface area contributed by atoms with Gasteiger partial charge in [-0.2, -0.15) is 0 Å². The third kappa shape index (κ3) is 3.25. The molecule has 0 aliphatic rings. The minimum absolute atomic E-state index is 0.0550. The van der Waals surface area contributed by atoms with Crippen LogP contribution >= 0.6 is 0 Å². The van der Waals surface area contributed by atoms with E-state index in [4.69, 9.17) is 4.74 Å². The molecule has 20 heavy (non-hydrogen) atoms. The van der Waals surface area contributed by atoms with Crippen molar-refractivity contribution in [2.75, 3.05) is 20.7 Å². The molecule has 1 N–H and O–H groups in total. The molecule has 0 spiro atoms. The molecular formula is C17H19NO2. The van der Waals surface area contributed by atoms with E-state index in [1.807, 2.05) is 43.4 Å². The number of nitrogens with one attached hydrogen (secondary N) is 1. The zero-order valence-corrected chi connectivity index (χ0v) is 11.8. The maximum absolute atomic E-state index is 12.6. The number of hydrogen-bond donors (Lipinski definition) is 1. The lowest BCUT2D eigenvalue weighted by atomic mass is 9.96. The fourth-order valence-corrected chi connectivity index (χ4v) is 2.12. The highest BCUT2D eigenvalue weighted by Crippen LogP contribution is 2.18. The molecule has 3 nitrogen and oxygen atoms in total. The Bertz CT molecular complexity index is 576. The highest BCUT2D eigenvalue weighted by molar-refractivity contribution is 6.09. The first-order valence-corrected chi connectivity index (χ1v) is 6.67. The third-order valence-corrected chi connectivity index (χ3v) is 3.26. The number of carbonyl (C=O) groups is 1. The number of methoxy groups -OCH3 is 1. The first-order valence-electron chi connectivity index (χ1n) is 6.67. The summed E-state index contributed by atoms with van der Waals surface area (Å²) < 4.78 is 5.11. The minimum atomic E-state index is 0.0550. The molecule has 0 heterocycles. The van der Waals surface area contributed by atoms with Crippen molar-refractivity contribution in [3.8, 4) is 5.75 Å². The Morgan fingerprint density at radius 3 is 2.45 bits per heavy atom.